The van der Waals surface area contributed by atoms with Gasteiger partial charge in [-0.3, -0.25) is 9.69 Å². The maximum atomic E-state index is 12.4. The molecule has 1 N–H and O–H groups in total. The molecule has 0 unspecified atom stereocenters. The quantitative estimate of drug-likeness (QED) is 0.909. The van der Waals surface area contributed by atoms with Crippen LogP contribution in [0.3, 0.4) is 0 Å². The number of pyridine rings is 1. The van der Waals surface area contributed by atoms with Crippen LogP contribution >= 0.6 is 11.6 Å². The third kappa shape index (κ3) is 3.94. The summed E-state index contributed by atoms with van der Waals surface area (Å²) in [5, 5.41) is 1.66. The van der Waals surface area contributed by atoms with Crippen LogP contribution in [0.2, 0.25) is 5.02 Å². The second-order valence-electron chi connectivity index (χ2n) is 6.26. The lowest BCUT2D eigenvalue weighted by Crippen LogP contribution is -2.40. The Hall–Kier alpha value is -1.36. The molecule has 0 amide bonds. The summed E-state index contributed by atoms with van der Waals surface area (Å²) < 4.78 is 5.23. The molecule has 1 saturated heterocycles. The minimum absolute atomic E-state index is 0.0177. The van der Waals surface area contributed by atoms with Crippen molar-refractivity contribution in [3.8, 4) is 0 Å². The van der Waals surface area contributed by atoms with Crippen molar-refractivity contribution >= 4 is 22.5 Å². The molecule has 1 aromatic carbocycles. The molecule has 2 aromatic rings. The monoisotopic (exact) mass is 334 g/mol. The number of hydrogen-bond donors (Lipinski definition) is 1. The van der Waals surface area contributed by atoms with Gasteiger partial charge in [0.25, 0.3) is 5.56 Å². The van der Waals surface area contributed by atoms with E-state index in [1.165, 1.54) is 19.3 Å². The zero-order valence-electron chi connectivity index (χ0n) is 13.5. The molecule has 1 aliphatic rings. The molecule has 5 heteroatoms. The Morgan fingerprint density at radius 2 is 2.22 bits per heavy atom. The highest BCUT2D eigenvalue weighted by atomic mass is 35.5. The van der Waals surface area contributed by atoms with Gasteiger partial charge in [-0.1, -0.05) is 24.1 Å². The molecule has 2 heterocycles. The first-order valence-corrected chi connectivity index (χ1v) is 8.59. The Morgan fingerprint density at radius 3 is 3.04 bits per heavy atom. The Bertz CT molecular complexity index is 729. The van der Waals surface area contributed by atoms with Gasteiger partial charge in [-0.15, -0.1) is 0 Å². The van der Waals surface area contributed by atoms with Crippen LogP contribution in [-0.2, 0) is 11.3 Å². The third-order valence-electron chi connectivity index (χ3n) is 4.66. The van der Waals surface area contributed by atoms with E-state index in [-0.39, 0.29) is 5.56 Å². The number of aromatic amines is 1. The summed E-state index contributed by atoms with van der Waals surface area (Å²) in [5.41, 5.74) is 1.60. The molecule has 1 aliphatic heterocycles. The number of halogens is 1. The molecule has 1 atom stereocenters. The van der Waals surface area contributed by atoms with Crippen molar-refractivity contribution < 1.29 is 4.74 Å². The number of piperidine rings is 1. The summed E-state index contributed by atoms with van der Waals surface area (Å²) >= 11 is 5.99. The average Bonchev–Trinajstić information content (AvgIpc) is 2.55. The molecule has 0 aliphatic carbocycles. The number of H-pyrrole nitrogens is 1. The minimum Gasteiger partial charge on any atom is -0.385 e. The second kappa shape index (κ2) is 7.47. The fourth-order valence-electron chi connectivity index (χ4n) is 3.40. The summed E-state index contributed by atoms with van der Waals surface area (Å²) in [6, 6.07) is 8.10. The molecule has 1 aromatic heterocycles. The van der Waals surface area contributed by atoms with Gasteiger partial charge in [-0.05, 0) is 49.4 Å². The summed E-state index contributed by atoms with van der Waals surface area (Å²) in [6.45, 7) is 2.52. The van der Waals surface area contributed by atoms with Gasteiger partial charge in [0, 0.05) is 42.4 Å². The fraction of sp³-hybridized carbons (Fsp3) is 0.500. The van der Waals surface area contributed by atoms with E-state index >= 15 is 0 Å². The lowest BCUT2D eigenvalue weighted by atomic mass is 9.99. The summed E-state index contributed by atoms with van der Waals surface area (Å²) in [7, 11) is 1.74. The van der Waals surface area contributed by atoms with E-state index in [0.29, 0.717) is 17.6 Å². The van der Waals surface area contributed by atoms with Gasteiger partial charge in [0.05, 0.1) is 0 Å². The largest absolute Gasteiger partial charge is 0.385 e. The molecular formula is C18H23ClN2O2. The number of aromatic nitrogens is 1. The summed E-state index contributed by atoms with van der Waals surface area (Å²) in [5.74, 6) is 0. The average molecular weight is 335 g/mol. The van der Waals surface area contributed by atoms with Gasteiger partial charge in [0.1, 0.15) is 0 Å². The van der Waals surface area contributed by atoms with Crippen LogP contribution in [-0.4, -0.2) is 36.2 Å². The van der Waals surface area contributed by atoms with Crippen LogP contribution < -0.4 is 5.56 Å². The van der Waals surface area contributed by atoms with E-state index < -0.39 is 0 Å². The molecule has 23 heavy (non-hydrogen) atoms. The minimum atomic E-state index is -0.0177. The maximum absolute atomic E-state index is 12.4. The van der Waals surface area contributed by atoms with Crippen LogP contribution in [0, 0.1) is 0 Å². The number of nitrogens with zero attached hydrogens (tertiary/aromatic N) is 1. The first-order valence-electron chi connectivity index (χ1n) is 8.22. The number of benzene rings is 1. The molecule has 4 nitrogen and oxygen atoms in total. The van der Waals surface area contributed by atoms with Gasteiger partial charge in [0.15, 0.2) is 0 Å². The van der Waals surface area contributed by atoms with E-state index in [1.54, 1.807) is 13.2 Å². The van der Waals surface area contributed by atoms with Crippen LogP contribution in [0.15, 0.2) is 29.1 Å². The molecule has 1 fully saturated rings. The Labute approximate surface area is 141 Å². The van der Waals surface area contributed by atoms with Crippen molar-refractivity contribution in [2.24, 2.45) is 0 Å². The fourth-order valence-corrected chi connectivity index (χ4v) is 3.58. The van der Waals surface area contributed by atoms with Gasteiger partial charge in [-0.2, -0.15) is 0 Å². The number of nitrogens with one attached hydrogen (secondary N) is 1. The maximum Gasteiger partial charge on any atom is 0.252 e. The molecule has 124 valence electrons. The SMILES string of the molecule is COCC[C@H]1CCCCN1Cc1cc2ccc(Cl)cc2[nH]c1=O. The normalized spacial score (nSPS) is 19.3. The van der Waals surface area contributed by atoms with Gasteiger partial charge in [-0.25, -0.2) is 0 Å². The van der Waals surface area contributed by atoms with E-state index in [4.69, 9.17) is 16.3 Å². The number of hydrogen-bond acceptors (Lipinski definition) is 3. The Morgan fingerprint density at radius 1 is 1.35 bits per heavy atom. The number of fused-ring (bicyclic) bond motifs is 1. The molecule has 0 bridgehead atoms. The Balaban J connectivity index is 1.83. The van der Waals surface area contributed by atoms with Crippen molar-refractivity contribution in [3.63, 3.8) is 0 Å². The molecule has 0 radical (unpaired) electrons. The highest BCUT2D eigenvalue weighted by Gasteiger charge is 2.23. The smallest absolute Gasteiger partial charge is 0.252 e. The summed E-state index contributed by atoms with van der Waals surface area (Å²) in [6.07, 6.45) is 4.67. The van der Waals surface area contributed by atoms with Crippen molar-refractivity contribution in [1.82, 2.24) is 9.88 Å². The van der Waals surface area contributed by atoms with Crippen molar-refractivity contribution in [2.75, 3.05) is 20.3 Å². The van der Waals surface area contributed by atoms with Crippen molar-refractivity contribution in [2.45, 2.75) is 38.3 Å². The van der Waals surface area contributed by atoms with Crippen molar-refractivity contribution in [1.29, 1.82) is 0 Å². The highest BCUT2D eigenvalue weighted by Crippen LogP contribution is 2.22. The van der Waals surface area contributed by atoms with E-state index in [9.17, 15) is 4.79 Å². The van der Waals surface area contributed by atoms with Crippen LogP contribution in [0.4, 0.5) is 0 Å². The molecular weight excluding hydrogens is 312 g/mol. The molecule has 0 spiro atoms. The van der Waals surface area contributed by atoms with Crippen LogP contribution in [0.5, 0.6) is 0 Å². The van der Waals surface area contributed by atoms with E-state index in [1.807, 2.05) is 18.2 Å². The van der Waals surface area contributed by atoms with Crippen LogP contribution in [0.25, 0.3) is 10.9 Å². The molecule has 3 rings (SSSR count). The van der Waals surface area contributed by atoms with E-state index in [0.717, 1.165) is 36.0 Å². The standard InChI is InChI=1S/C18H23ClN2O2/c1-23-9-7-16-4-2-3-8-21(16)12-14-10-13-5-6-15(19)11-17(13)20-18(14)22/h5-6,10-11,16H,2-4,7-9,12H2,1H3,(H,20,22)/t16-/m1/s1. The number of methoxy groups -OCH3 is 1. The second-order valence-corrected chi connectivity index (χ2v) is 6.69. The van der Waals surface area contributed by atoms with Gasteiger partial charge < -0.3 is 9.72 Å². The number of likely N-dealkylation sites (tertiary alicyclic amines) is 1. The summed E-state index contributed by atoms with van der Waals surface area (Å²) in [4.78, 5) is 17.8. The first kappa shape index (κ1) is 16.5. The third-order valence-corrected chi connectivity index (χ3v) is 4.90. The highest BCUT2D eigenvalue weighted by molar-refractivity contribution is 6.31. The zero-order chi connectivity index (χ0) is 16.2. The predicted octanol–water partition coefficient (Wildman–Crippen LogP) is 3.57. The topological polar surface area (TPSA) is 45.3 Å². The van der Waals surface area contributed by atoms with Gasteiger partial charge >= 0.3 is 0 Å². The van der Waals surface area contributed by atoms with Crippen LogP contribution in [0.1, 0.15) is 31.2 Å². The van der Waals surface area contributed by atoms with Gasteiger partial charge in [0.2, 0.25) is 0 Å². The number of ether oxygens (including phenoxy) is 1. The first-order chi connectivity index (χ1) is 11.2. The lowest BCUT2D eigenvalue weighted by molar-refractivity contribution is 0.0971. The Kier molecular flexibility index (Phi) is 5.36. The predicted molar refractivity (Wildman–Crippen MR) is 94.1 cm³/mol. The number of rotatable bonds is 5. The lowest BCUT2D eigenvalue weighted by Gasteiger charge is -2.35. The zero-order valence-corrected chi connectivity index (χ0v) is 14.2. The van der Waals surface area contributed by atoms with E-state index in [2.05, 4.69) is 9.88 Å². The molecule has 0 saturated carbocycles. The van der Waals surface area contributed by atoms with Crippen molar-refractivity contribution in [3.05, 3.63) is 45.2 Å².